The second-order valence-electron chi connectivity index (χ2n) is 7.31. The van der Waals surface area contributed by atoms with Gasteiger partial charge in [-0.1, -0.05) is 26.8 Å². The van der Waals surface area contributed by atoms with E-state index in [9.17, 15) is 24.3 Å². The molecule has 2 atom stereocenters. The molecular formula is C22H31NO9. The number of nitrogens with two attached hydrogens (primary N) is 1. The number of hydrogen-bond donors (Lipinski definition) is 2. The lowest BCUT2D eigenvalue weighted by Crippen LogP contribution is -2.52. The van der Waals surface area contributed by atoms with Gasteiger partial charge in [-0.2, -0.15) is 0 Å². The average Bonchev–Trinajstić information content (AvgIpc) is 2.73. The fourth-order valence-electron chi connectivity index (χ4n) is 2.75. The molecule has 0 saturated carbocycles. The molecular weight excluding hydrogens is 422 g/mol. The van der Waals surface area contributed by atoms with Gasteiger partial charge in [-0.3, -0.25) is 14.4 Å². The highest BCUT2D eigenvalue weighted by Crippen LogP contribution is 2.31. The first-order chi connectivity index (χ1) is 15.0. The molecule has 1 aromatic carbocycles. The van der Waals surface area contributed by atoms with E-state index < -0.39 is 35.7 Å². The van der Waals surface area contributed by atoms with Crippen molar-refractivity contribution >= 4 is 24.1 Å². The first kappa shape index (κ1) is 26.9. The number of carboxylic acids is 1. The van der Waals surface area contributed by atoms with Crippen molar-refractivity contribution in [2.24, 2.45) is 5.73 Å². The molecule has 0 aliphatic carbocycles. The van der Waals surface area contributed by atoms with Crippen molar-refractivity contribution in [1.82, 2.24) is 0 Å². The topological polar surface area (TPSA) is 151 Å². The van der Waals surface area contributed by atoms with Crippen molar-refractivity contribution in [3.05, 3.63) is 23.8 Å². The fourth-order valence-corrected chi connectivity index (χ4v) is 2.75. The van der Waals surface area contributed by atoms with E-state index in [1.807, 2.05) is 6.92 Å². The highest BCUT2D eigenvalue weighted by Gasteiger charge is 2.37. The van der Waals surface area contributed by atoms with E-state index in [4.69, 9.17) is 24.7 Å². The Morgan fingerprint density at radius 2 is 1.62 bits per heavy atom. The maximum absolute atomic E-state index is 11.9. The van der Waals surface area contributed by atoms with Crippen LogP contribution in [0.25, 0.3) is 0 Å². The van der Waals surface area contributed by atoms with Gasteiger partial charge >= 0.3 is 24.1 Å². The van der Waals surface area contributed by atoms with Crippen molar-refractivity contribution < 1.29 is 43.2 Å². The van der Waals surface area contributed by atoms with E-state index in [2.05, 4.69) is 0 Å². The normalized spacial score (nSPS) is 13.4. The Hall–Kier alpha value is -3.14. The Morgan fingerprint density at radius 1 is 1.03 bits per heavy atom. The highest BCUT2D eigenvalue weighted by atomic mass is 16.7. The predicted octanol–water partition coefficient (Wildman–Crippen LogP) is 2.98. The molecule has 178 valence electrons. The molecule has 0 heterocycles. The zero-order valence-electron chi connectivity index (χ0n) is 18.8. The van der Waals surface area contributed by atoms with Crippen LogP contribution < -0.4 is 15.2 Å². The summed E-state index contributed by atoms with van der Waals surface area (Å²) in [5.74, 6) is -2.36. The molecule has 0 aliphatic rings. The minimum Gasteiger partial charge on any atom is -0.480 e. The van der Waals surface area contributed by atoms with Crippen molar-refractivity contribution in [2.75, 3.05) is 6.61 Å². The van der Waals surface area contributed by atoms with Crippen LogP contribution in [-0.4, -0.2) is 47.4 Å². The second kappa shape index (κ2) is 12.7. The molecule has 0 fully saturated rings. The average molecular weight is 453 g/mol. The van der Waals surface area contributed by atoms with Crippen molar-refractivity contribution in [3.63, 3.8) is 0 Å². The van der Waals surface area contributed by atoms with Gasteiger partial charge in [-0.25, -0.2) is 4.79 Å². The molecule has 0 saturated heterocycles. The van der Waals surface area contributed by atoms with Crippen molar-refractivity contribution in [3.8, 4) is 11.5 Å². The van der Waals surface area contributed by atoms with Gasteiger partial charge in [0.25, 0.3) is 0 Å². The van der Waals surface area contributed by atoms with Crippen LogP contribution in [0, 0.1) is 0 Å². The molecule has 0 aromatic heterocycles. The lowest BCUT2D eigenvalue weighted by molar-refractivity contribution is -0.144. The van der Waals surface area contributed by atoms with Gasteiger partial charge in [0.05, 0.1) is 6.61 Å². The third-order valence-electron chi connectivity index (χ3n) is 4.35. The lowest BCUT2D eigenvalue weighted by Gasteiger charge is -2.28. The monoisotopic (exact) mass is 453 g/mol. The smallest absolute Gasteiger partial charge is 0.480 e. The predicted molar refractivity (Wildman–Crippen MR) is 113 cm³/mol. The molecule has 32 heavy (non-hydrogen) atoms. The molecule has 0 bridgehead atoms. The molecule has 1 aromatic rings. The van der Waals surface area contributed by atoms with Gasteiger partial charge in [-0.05, 0) is 31.0 Å². The van der Waals surface area contributed by atoms with E-state index >= 15 is 0 Å². The van der Waals surface area contributed by atoms with Crippen LogP contribution in [-0.2, 0) is 30.3 Å². The summed E-state index contributed by atoms with van der Waals surface area (Å²) in [7, 11) is 0. The van der Waals surface area contributed by atoms with Crippen molar-refractivity contribution in [1.29, 1.82) is 0 Å². The van der Waals surface area contributed by atoms with Gasteiger partial charge in [-0.15, -0.1) is 0 Å². The number of rotatable bonds is 12. The zero-order valence-corrected chi connectivity index (χ0v) is 18.8. The summed E-state index contributed by atoms with van der Waals surface area (Å²) in [5.41, 5.74) is 4.77. The van der Waals surface area contributed by atoms with Crippen LogP contribution in [0.3, 0.4) is 0 Å². The van der Waals surface area contributed by atoms with Crippen LogP contribution in [0.15, 0.2) is 18.2 Å². The van der Waals surface area contributed by atoms with Gasteiger partial charge in [0.1, 0.15) is 11.6 Å². The number of carbonyl (C=O) groups excluding carboxylic acids is 3. The molecule has 0 spiro atoms. The second-order valence-corrected chi connectivity index (χ2v) is 7.31. The molecule has 10 heteroatoms. The zero-order chi connectivity index (χ0) is 24.3. The Morgan fingerprint density at radius 3 is 2.16 bits per heavy atom. The Labute approximate surface area is 187 Å². The number of hydrogen-bond acceptors (Lipinski definition) is 9. The summed E-state index contributed by atoms with van der Waals surface area (Å²) in [6, 6.07) is 4.33. The summed E-state index contributed by atoms with van der Waals surface area (Å²) < 4.78 is 20.3. The van der Waals surface area contributed by atoms with E-state index in [1.54, 1.807) is 13.8 Å². The third-order valence-corrected chi connectivity index (χ3v) is 4.35. The molecule has 1 rings (SSSR count). The van der Waals surface area contributed by atoms with Gasteiger partial charge in [0.15, 0.2) is 11.5 Å². The SMILES string of the molecule is CCCOC(=O)O[C@@H](C)CC(N)(Cc1ccc(OC(=O)CC)c(OC(=O)CC)c1)C(=O)O. The highest BCUT2D eigenvalue weighted by molar-refractivity contribution is 5.79. The molecule has 1 unspecified atom stereocenters. The van der Waals surface area contributed by atoms with Crippen molar-refractivity contribution in [2.45, 2.75) is 71.4 Å². The van der Waals surface area contributed by atoms with E-state index in [0.29, 0.717) is 12.0 Å². The first-order valence-electron chi connectivity index (χ1n) is 10.4. The van der Waals surface area contributed by atoms with E-state index in [1.165, 1.54) is 25.1 Å². The lowest BCUT2D eigenvalue weighted by atomic mass is 9.86. The number of aliphatic carboxylic acids is 1. The van der Waals surface area contributed by atoms with E-state index in [0.717, 1.165) is 0 Å². The maximum Gasteiger partial charge on any atom is 0.508 e. The molecule has 0 amide bonds. The molecule has 10 nitrogen and oxygen atoms in total. The Bertz CT molecular complexity index is 824. The molecule has 3 N–H and O–H groups in total. The van der Waals surface area contributed by atoms with Crippen LogP contribution in [0.5, 0.6) is 11.5 Å². The molecule has 0 aliphatic heterocycles. The molecule has 0 radical (unpaired) electrons. The number of carbonyl (C=O) groups is 4. The number of esters is 2. The number of ether oxygens (including phenoxy) is 4. The quantitative estimate of drug-likeness (QED) is 0.357. The summed E-state index contributed by atoms with van der Waals surface area (Å²) in [6.45, 7) is 6.75. The third kappa shape index (κ3) is 8.54. The van der Waals surface area contributed by atoms with Gasteiger partial charge < -0.3 is 29.8 Å². The minimum atomic E-state index is -1.79. The number of benzene rings is 1. The first-order valence-corrected chi connectivity index (χ1v) is 10.4. The summed E-state index contributed by atoms with van der Waals surface area (Å²) in [4.78, 5) is 47.0. The van der Waals surface area contributed by atoms with Crippen LogP contribution in [0.2, 0.25) is 0 Å². The largest absolute Gasteiger partial charge is 0.508 e. The Kier molecular flexibility index (Phi) is 10.6. The minimum absolute atomic E-state index is 0.0173. The van der Waals surface area contributed by atoms with Crippen LogP contribution >= 0.6 is 0 Å². The number of carboxylic acid groups (broad SMARTS) is 1. The maximum atomic E-state index is 11.9. The van der Waals surface area contributed by atoms with Crippen LogP contribution in [0.4, 0.5) is 4.79 Å². The van der Waals surface area contributed by atoms with E-state index in [-0.39, 0.29) is 43.8 Å². The fraction of sp³-hybridized carbons (Fsp3) is 0.545. The standard InChI is InChI=1S/C22H31NO9/c1-5-10-29-21(28)30-14(4)12-22(23,20(26)27)13-15-8-9-16(31-18(24)6-2)17(11-15)32-19(25)7-3/h8-9,11,14H,5-7,10,12-13,23H2,1-4H3,(H,26,27)/t14-,22?/m0/s1. The summed E-state index contributed by atoms with van der Waals surface area (Å²) >= 11 is 0. The van der Waals surface area contributed by atoms with Gasteiger partial charge in [0.2, 0.25) is 0 Å². The Balaban J connectivity index is 3.08. The summed E-state index contributed by atoms with van der Waals surface area (Å²) in [6.07, 6.45) is -1.27. The van der Waals surface area contributed by atoms with Gasteiger partial charge in [0, 0.05) is 25.7 Å². The van der Waals surface area contributed by atoms with Crippen LogP contribution in [0.1, 0.15) is 58.9 Å². The summed E-state index contributed by atoms with van der Waals surface area (Å²) in [5, 5.41) is 9.73.